The van der Waals surface area contributed by atoms with E-state index in [0.29, 0.717) is 42.6 Å². The molecule has 2 aromatic carbocycles. The number of hydrogen-bond acceptors (Lipinski definition) is 5. The van der Waals surface area contributed by atoms with E-state index >= 15 is 4.39 Å². The number of pyridine rings is 1. The number of amides is 1. The van der Waals surface area contributed by atoms with Gasteiger partial charge in [-0.15, -0.1) is 0 Å². The van der Waals surface area contributed by atoms with Crippen molar-refractivity contribution >= 4 is 19.9 Å². The Morgan fingerprint density at radius 1 is 0.938 bits per heavy atom. The molecule has 0 aliphatic carbocycles. The van der Waals surface area contributed by atoms with E-state index in [1.54, 1.807) is 12.1 Å². The third kappa shape index (κ3) is 10.8. The van der Waals surface area contributed by atoms with Crippen LogP contribution in [-0.4, -0.2) is 39.0 Å². The van der Waals surface area contributed by atoms with Crippen molar-refractivity contribution in [2.45, 2.75) is 98.5 Å². The smallest absolute Gasteiger partial charge is 0.416 e. The third-order valence-corrected chi connectivity index (χ3v) is 13.1. The highest BCUT2D eigenvalue weighted by Gasteiger charge is 2.39. The summed E-state index contributed by atoms with van der Waals surface area (Å²) < 4.78 is 75.7. The van der Waals surface area contributed by atoms with Crippen LogP contribution in [0.1, 0.15) is 78.0 Å². The van der Waals surface area contributed by atoms with Crippen LogP contribution in [0, 0.1) is 11.2 Å². The molecule has 0 unspecified atom stereocenters. The molecule has 0 saturated carbocycles. The Morgan fingerprint density at radius 3 is 2.25 bits per heavy atom. The first-order chi connectivity index (χ1) is 22.3. The fourth-order valence-electron chi connectivity index (χ4n) is 4.80. The molecule has 264 valence electrons. The average molecular weight is 691 g/mol. The van der Waals surface area contributed by atoms with Gasteiger partial charge in [0, 0.05) is 35.7 Å². The second-order valence-corrected chi connectivity index (χ2v) is 19.3. The van der Waals surface area contributed by atoms with Gasteiger partial charge >= 0.3 is 6.18 Å². The maximum absolute atomic E-state index is 15.3. The topological polar surface area (TPSA) is 69.7 Å². The molecule has 48 heavy (non-hydrogen) atoms. The lowest BCUT2D eigenvalue weighted by molar-refractivity contribution is -0.138. The first-order valence-corrected chi connectivity index (χ1v) is 19.4. The molecule has 0 fully saturated rings. The second-order valence-electron chi connectivity index (χ2n) is 14.5. The minimum absolute atomic E-state index is 0.0113. The fourth-order valence-corrected chi connectivity index (χ4v) is 5.99. The number of anilines is 1. The van der Waals surface area contributed by atoms with Gasteiger partial charge in [-0.3, -0.25) is 4.79 Å². The van der Waals surface area contributed by atoms with Crippen molar-refractivity contribution in [3.63, 3.8) is 0 Å². The molecule has 1 heterocycles. The maximum atomic E-state index is 15.3. The number of nitrogens with zero attached hydrogens (tertiary/aromatic N) is 1. The van der Waals surface area contributed by atoms with Crippen molar-refractivity contribution in [1.29, 1.82) is 0 Å². The van der Waals surface area contributed by atoms with Crippen molar-refractivity contribution < 1.29 is 36.3 Å². The zero-order valence-corrected chi connectivity index (χ0v) is 30.7. The summed E-state index contributed by atoms with van der Waals surface area (Å²) in [5.41, 5.74) is -0.200. The van der Waals surface area contributed by atoms with E-state index in [2.05, 4.69) is 51.1 Å². The number of ether oxygens (including phenoxy) is 2. The molecule has 0 spiro atoms. The van der Waals surface area contributed by atoms with Crippen LogP contribution in [0.2, 0.25) is 18.1 Å². The van der Waals surface area contributed by atoms with Crippen LogP contribution in [-0.2, 0) is 28.2 Å². The average Bonchev–Trinajstić information content (AvgIpc) is 2.97. The highest BCUT2D eigenvalue weighted by molar-refractivity contribution is 6.74. The van der Waals surface area contributed by atoms with E-state index in [1.165, 1.54) is 30.5 Å². The second kappa shape index (κ2) is 15.8. The first-order valence-electron chi connectivity index (χ1n) is 16.4. The number of alkyl halides is 3. The standard InChI is InChI=1S/C37H50F4N2O4Si/c1-10-12-17-46-34-21-32(45-11-2)29(23-42-34)28-16-13-25(18-31(28)38)19-33(44)43-27-15-14-26(30(20-27)37(39,40)41)22-36(6,7)24-47-48(8,9)35(3,4)5/h13-16,18,20-21,23H,10-12,17,19,22,24H2,1-9H3,(H,43,44). The number of halogens is 4. The third-order valence-electron chi connectivity index (χ3n) is 8.57. The summed E-state index contributed by atoms with van der Waals surface area (Å²) in [4.78, 5) is 17.2. The predicted octanol–water partition coefficient (Wildman–Crippen LogP) is 10.3. The molecule has 6 nitrogen and oxygen atoms in total. The van der Waals surface area contributed by atoms with E-state index in [-0.39, 0.29) is 34.7 Å². The van der Waals surface area contributed by atoms with E-state index in [4.69, 9.17) is 13.9 Å². The molecule has 3 aromatic rings. The van der Waals surface area contributed by atoms with Gasteiger partial charge in [-0.2, -0.15) is 13.2 Å². The van der Waals surface area contributed by atoms with Crippen molar-refractivity contribution in [3.8, 4) is 22.8 Å². The van der Waals surface area contributed by atoms with Gasteiger partial charge in [-0.25, -0.2) is 9.37 Å². The summed E-state index contributed by atoms with van der Waals surface area (Å²) in [7, 11) is -2.09. The van der Waals surface area contributed by atoms with Gasteiger partial charge in [-0.1, -0.05) is 66.2 Å². The lowest BCUT2D eigenvalue weighted by Crippen LogP contribution is -2.43. The fraction of sp³-hybridized carbons (Fsp3) is 0.514. The molecule has 1 aromatic heterocycles. The number of rotatable bonds is 15. The molecule has 0 bridgehead atoms. The molecule has 0 aliphatic rings. The zero-order valence-electron chi connectivity index (χ0n) is 29.7. The Balaban J connectivity index is 1.74. The van der Waals surface area contributed by atoms with Gasteiger partial charge < -0.3 is 19.2 Å². The van der Waals surface area contributed by atoms with Gasteiger partial charge in [-0.05, 0) is 72.6 Å². The predicted molar refractivity (Wildman–Crippen MR) is 186 cm³/mol. The van der Waals surface area contributed by atoms with Crippen LogP contribution in [0.3, 0.4) is 0 Å². The monoisotopic (exact) mass is 690 g/mol. The summed E-state index contributed by atoms with van der Waals surface area (Å²) in [5.74, 6) is -0.368. The van der Waals surface area contributed by atoms with E-state index < -0.39 is 37.2 Å². The van der Waals surface area contributed by atoms with Crippen LogP contribution in [0.5, 0.6) is 11.6 Å². The number of carbonyl (C=O) groups excluding carboxylic acids is 1. The molecule has 1 amide bonds. The first kappa shape index (κ1) is 39.0. The zero-order chi connectivity index (χ0) is 35.9. The Morgan fingerprint density at radius 2 is 1.65 bits per heavy atom. The number of benzene rings is 2. The van der Waals surface area contributed by atoms with Crippen LogP contribution in [0.25, 0.3) is 11.1 Å². The van der Waals surface area contributed by atoms with Gasteiger partial charge in [0.1, 0.15) is 11.6 Å². The minimum atomic E-state index is -4.62. The lowest BCUT2D eigenvalue weighted by atomic mass is 9.84. The van der Waals surface area contributed by atoms with Crippen LogP contribution in [0.15, 0.2) is 48.7 Å². The van der Waals surface area contributed by atoms with Crippen LogP contribution >= 0.6 is 0 Å². The van der Waals surface area contributed by atoms with E-state index in [9.17, 15) is 18.0 Å². The molecule has 3 rings (SSSR count). The molecule has 0 radical (unpaired) electrons. The minimum Gasteiger partial charge on any atom is -0.493 e. The maximum Gasteiger partial charge on any atom is 0.416 e. The molecule has 11 heteroatoms. The Hall–Kier alpha value is -3.44. The highest BCUT2D eigenvalue weighted by Crippen LogP contribution is 2.40. The van der Waals surface area contributed by atoms with Crippen LogP contribution < -0.4 is 14.8 Å². The van der Waals surface area contributed by atoms with Gasteiger partial charge in [0.15, 0.2) is 8.32 Å². The van der Waals surface area contributed by atoms with E-state index in [1.807, 2.05) is 20.8 Å². The summed E-state index contributed by atoms with van der Waals surface area (Å²) in [6.45, 7) is 19.4. The Labute approximate surface area is 283 Å². The Kier molecular flexibility index (Phi) is 12.9. The SMILES string of the molecule is CCCCOc1cc(OCC)c(-c2ccc(CC(=O)Nc3ccc(CC(C)(C)CO[Si](C)(C)C(C)(C)C)c(C(F)(F)F)c3)cc2F)cn1. The largest absolute Gasteiger partial charge is 0.493 e. The molecule has 0 saturated heterocycles. The number of unbranched alkanes of at least 4 members (excludes halogenated alkanes) is 1. The van der Waals surface area contributed by atoms with Crippen molar-refractivity contribution in [2.75, 3.05) is 25.1 Å². The molecule has 0 atom stereocenters. The summed E-state index contributed by atoms with van der Waals surface area (Å²) in [6.07, 6.45) is -1.39. The molecular formula is C37H50F4N2O4Si. The van der Waals surface area contributed by atoms with Gasteiger partial charge in [0.25, 0.3) is 0 Å². The van der Waals surface area contributed by atoms with Crippen molar-refractivity contribution in [2.24, 2.45) is 5.41 Å². The summed E-state index contributed by atoms with van der Waals surface area (Å²) in [6, 6.07) is 9.81. The van der Waals surface area contributed by atoms with Crippen molar-refractivity contribution in [3.05, 3.63) is 71.2 Å². The summed E-state index contributed by atoms with van der Waals surface area (Å²) >= 11 is 0. The lowest BCUT2D eigenvalue weighted by Gasteiger charge is -2.39. The molecule has 1 N–H and O–H groups in total. The Bertz CT molecular complexity index is 1550. The number of carbonyl (C=O) groups is 1. The van der Waals surface area contributed by atoms with Gasteiger partial charge in [0.05, 0.1) is 25.2 Å². The van der Waals surface area contributed by atoms with Crippen LogP contribution in [0.4, 0.5) is 23.2 Å². The van der Waals surface area contributed by atoms with Crippen molar-refractivity contribution in [1.82, 2.24) is 4.98 Å². The molecular weight excluding hydrogens is 640 g/mol. The number of hydrogen-bond donors (Lipinski definition) is 1. The van der Waals surface area contributed by atoms with Gasteiger partial charge in [0.2, 0.25) is 11.8 Å². The molecule has 0 aliphatic heterocycles. The summed E-state index contributed by atoms with van der Waals surface area (Å²) in [5, 5.41) is 2.53. The number of aromatic nitrogens is 1. The normalized spacial score (nSPS) is 12.6. The highest BCUT2D eigenvalue weighted by atomic mass is 28.4. The van der Waals surface area contributed by atoms with E-state index in [0.717, 1.165) is 18.9 Å². The number of nitrogens with one attached hydrogen (secondary N) is 1. The quantitative estimate of drug-likeness (QED) is 0.0977.